The first-order valence-corrected chi connectivity index (χ1v) is 7.94. The number of hydrogen-bond donors (Lipinski definition) is 3. The number of aryl methyl sites for hydroxylation is 1. The number of amides is 1. The zero-order valence-electron chi connectivity index (χ0n) is 14.3. The van der Waals surface area contributed by atoms with Gasteiger partial charge in [-0.15, -0.1) is 0 Å². The number of carbonyl (C=O) groups excluding carboxylic acids is 1. The molecule has 1 heterocycles. The molecule has 4 N–H and O–H groups in total. The number of furan rings is 1. The van der Waals surface area contributed by atoms with Crippen LogP contribution in [0.5, 0.6) is 0 Å². The molecule has 7 heteroatoms. The first-order chi connectivity index (χ1) is 12.9. The molecule has 0 bridgehead atoms. The predicted molar refractivity (Wildman–Crippen MR) is 99.3 cm³/mol. The van der Waals surface area contributed by atoms with Gasteiger partial charge in [0.15, 0.2) is 5.82 Å². The number of nitrogen functional groups attached to an aromatic ring is 1. The van der Waals surface area contributed by atoms with Crippen molar-refractivity contribution in [1.82, 2.24) is 0 Å². The van der Waals surface area contributed by atoms with Crippen LogP contribution in [0, 0.1) is 29.5 Å². The number of hydrogen-bond acceptors (Lipinski definition) is 5. The second-order valence-corrected chi connectivity index (χ2v) is 5.87. The minimum absolute atomic E-state index is 0.131. The molecule has 1 aromatic heterocycles. The first-order valence-electron chi connectivity index (χ1n) is 7.94. The van der Waals surface area contributed by atoms with Gasteiger partial charge in [0.1, 0.15) is 6.07 Å². The van der Waals surface area contributed by atoms with Gasteiger partial charge in [-0.25, -0.2) is 4.39 Å². The van der Waals surface area contributed by atoms with Crippen molar-refractivity contribution in [2.45, 2.75) is 6.92 Å². The molecule has 0 saturated carbocycles. The normalized spacial score (nSPS) is 10.3. The second kappa shape index (κ2) is 7.14. The molecule has 2 aromatic carbocycles. The number of nitrogens with one attached hydrogen (secondary N) is 2. The average molecular weight is 362 g/mol. The van der Waals surface area contributed by atoms with Crippen molar-refractivity contribution in [3.8, 4) is 6.07 Å². The molecule has 0 spiro atoms. The predicted octanol–water partition coefficient (Wildman–Crippen LogP) is 3.85. The summed E-state index contributed by atoms with van der Waals surface area (Å²) in [4.78, 5) is 12.6. The fourth-order valence-electron chi connectivity index (χ4n) is 2.64. The van der Waals surface area contributed by atoms with E-state index in [0.29, 0.717) is 28.1 Å². The highest BCUT2D eigenvalue weighted by Gasteiger charge is 2.19. The Hall–Kier alpha value is -3.92. The number of carbonyl (C=O) groups is 1. The lowest BCUT2D eigenvalue weighted by molar-refractivity contribution is 0.102. The summed E-state index contributed by atoms with van der Waals surface area (Å²) in [6.45, 7) is 1.59. The van der Waals surface area contributed by atoms with Crippen LogP contribution in [0.1, 0.15) is 32.6 Å². The van der Waals surface area contributed by atoms with Crippen molar-refractivity contribution in [2.24, 2.45) is 0 Å². The van der Waals surface area contributed by atoms with Crippen molar-refractivity contribution in [2.75, 3.05) is 11.1 Å². The van der Waals surface area contributed by atoms with Crippen LogP contribution in [0.25, 0.3) is 0 Å². The SMILES string of the molecule is Cc1ccc(C#N)c(F)c1C(=O)Nc1ccc(N)c(C(=N)c2ccoc2)c1. The Morgan fingerprint density at radius 3 is 2.74 bits per heavy atom. The number of benzene rings is 2. The molecule has 3 rings (SSSR count). The van der Waals surface area contributed by atoms with E-state index in [1.54, 1.807) is 31.2 Å². The van der Waals surface area contributed by atoms with Gasteiger partial charge in [0.25, 0.3) is 5.91 Å². The number of nitriles is 1. The summed E-state index contributed by atoms with van der Waals surface area (Å²) in [7, 11) is 0. The number of nitrogens with two attached hydrogens (primary N) is 1. The zero-order chi connectivity index (χ0) is 19.6. The van der Waals surface area contributed by atoms with E-state index in [-0.39, 0.29) is 16.8 Å². The molecule has 0 aliphatic rings. The zero-order valence-corrected chi connectivity index (χ0v) is 14.3. The summed E-state index contributed by atoms with van der Waals surface area (Å²) >= 11 is 0. The molecule has 0 fully saturated rings. The van der Waals surface area contributed by atoms with Crippen LogP contribution in [-0.4, -0.2) is 11.6 Å². The van der Waals surface area contributed by atoms with Crippen molar-refractivity contribution in [3.05, 3.63) is 82.6 Å². The van der Waals surface area contributed by atoms with Crippen LogP contribution < -0.4 is 11.1 Å². The molecule has 0 unspecified atom stereocenters. The van der Waals surface area contributed by atoms with Gasteiger partial charge in [0, 0.05) is 22.5 Å². The van der Waals surface area contributed by atoms with E-state index < -0.39 is 11.7 Å². The van der Waals surface area contributed by atoms with Gasteiger partial charge in [0.05, 0.1) is 29.4 Å². The van der Waals surface area contributed by atoms with Crippen molar-refractivity contribution < 1.29 is 13.6 Å². The Kier molecular flexibility index (Phi) is 4.73. The van der Waals surface area contributed by atoms with Crippen LogP contribution in [0.2, 0.25) is 0 Å². The van der Waals surface area contributed by atoms with Gasteiger partial charge in [-0.05, 0) is 42.8 Å². The number of halogens is 1. The summed E-state index contributed by atoms with van der Waals surface area (Å²) in [6.07, 6.45) is 2.86. The highest BCUT2D eigenvalue weighted by molar-refractivity contribution is 6.14. The third-order valence-corrected chi connectivity index (χ3v) is 4.09. The maximum absolute atomic E-state index is 14.4. The molecule has 1 amide bonds. The highest BCUT2D eigenvalue weighted by Crippen LogP contribution is 2.23. The lowest BCUT2D eigenvalue weighted by atomic mass is 10.0. The Morgan fingerprint density at radius 1 is 1.30 bits per heavy atom. The Bertz CT molecular complexity index is 1080. The van der Waals surface area contributed by atoms with E-state index >= 15 is 0 Å². The van der Waals surface area contributed by atoms with Gasteiger partial charge >= 0.3 is 0 Å². The van der Waals surface area contributed by atoms with E-state index in [9.17, 15) is 9.18 Å². The minimum Gasteiger partial charge on any atom is -0.472 e. The topological polar surface area (TPSA) is 116 Å². The summed E-state index contributed by atoms with van der Waals surface area (Å²) in [5.41, 5.74) is 7.72. The molecular weight excluding hydrogens is 347 g/mol. The number of rotatable bonds is 4. The van der Waals surface area contributed by atoms with Gasteiger partial charge < -0.3 is 15.5 Å². The van der Waals surface area contributed by atoms with Crippen molar-refractivity contribution in [3.63, 3.8) is 0 Å². The molecule has 0 aliphatic carbocycles. The quantitative estimate of drug-likeness (QED) is 0.483. The first kappa shape index (κ1) is 17.9. The van der Waals surface area contributed by atoms with Gasteiger partial charge in [0.2, 0.25) is 0 Å². The Balaban J connectivity index is 1.93. The van der Waals surface area contributed by atoms with Crippen molar-refractivity contribution >= 4 is 23.0 Å². The maximum atomic E-state index is 14.4. The molecule has 0 aliphatic heterocycles. The van der Waals surface area contributed by atoms with Gasteiger partial charge in [-0.3, -0.25) is 10.2 Å². The van der Waals surface area contributed by atoms with Crippen LogP contribution >= 0.6 is 0 Å². The molecule has 6 nitrogen and oxygen atoms in total. The van der Waals surface area contributed by atoms with E-state index in [0.717, 1.165) is 0 Å². The van der Waals surface area contributed by atoms with Crippen molar-refractivity contribution in [1.29, 1.82) is 10.7 Å². The molecule has 134 valence electrons. The van der Waals surface area contributed by atoms with Gasteiger partial charge in [-0.2, -0.15) is 5.26 Å². The third-order valence-electron chi connectivity index (χ3n) is 4.09. The highest BCUT2D eigenvalue weighted by atomic mass is 19.1. The second-order valence-electron chi connectivity index (χ2n) is 5.87. The number of nitrogens with zero attached hydrogens (tertiary/aromatic N) is 1. The lowest BCUT2D eigenvalue weighted by Gasteiger charge is -2.12. The van der Waals surface area contributed by atoms with Crippen LogP contribution in [0.3, 0.4) is 0 Å². The summed E-state index contributed by atoms with van der Waals surface area (Å²) in [5, 5.41) is 19.8. The molecule has 0 saturated heterocycles. The smallest absolute Gasteiger partial charge is 0.258 e. The molecule has 0 radical (unpaired) electrons. The largest absolute Gasteiger partial charge is 0.472 e. The molecular formula is C20H15FN4O2. The van der Waals surface area contributed by atoms with E-state index in [1.165, 1.54) is 30.7 Å². The molecule has 27 heavy (non-hydrogen) atoms. The molecule has 0 atom stereocenters. The lowest BCUT2D eigenvalue weighted by Crippen LogP contribution is -2.17. The Labute approximate surface area is 154 Å². The van der Waals surface area contributed by atoms with Crippen LogP contribution in [0.4, 0.5) is 15.8 Å². The van der Waals surface area contributed by atoms with E-state index in [4.69, 9.17) is 20.8 Å². The van der Waals surface area contributed by atoms with Crippen LogP contribution in [-0.2, 0) is 0 Å². The number of anilines is 2. The fourth-order valence-corrected chi connectivity index (χ4v) is 2.64. The Morgan fingerprint density at radius 2 is 2.07 bits per heavy atom. The third kappa shape index (κ3) is 3.41. The van der Waals surface area contributed by atoms with E-state index in [1.807, 2.05) is 0 Å². The average Bonchev–Trinajstić information content (AvgIpc) is 3.17. The monoisotopic (exact) mass is 362 g/mol. The summed E-state index contributed by atoms with van der Waals surface area (Å²) in [5.74, 6) is -1.55. The van der Waals surface area contributed by atoms with Crippen LogP contribution in [0.15, 0.2) is 53.3 Å². The van der Waals surface area contributed by atoms with Gasteiger partial charge in [-0.1, -0.05) is 6.07 Å². The van der Waals surface area contributed by atoms with E-state index in [2.05, 4.69) is 5.32 Å². The fraction of sp³-hybridized carbons (Fsp3) is 0.0500. The summed E-state index contributed by atoms with van der Waals surface area (Å²) < 4.78 is 19.4. The maximum Gasteiger partial charge on any atom is 0.258 e. The summed E-state index contributed by atoms with van der Waals surface area (Å²) in [6, 6.07) is 10.8. The molecule has 3 aromatic rings. The standard InChI is InChI=1S/C20H15FN4O2/c1-11-2-3-12(9-22)18(21)17(11)20(26)25-14-4-5-16(23)15(8-14)19(24)13-6-7-27-10-13/h2-8,10,24H,23H2,1H3,(H,25,26). The minimum atomic E-state index is -0.864.